The maximum absolute atomic E-state index is 11.6. The molecule has 0 heterocycles. The lowest BCUT2D eigenvalue weighted by Gasteiger charge is -1.98. The maximum Gasteiger partial charge on any atom is 0.310 e. The highest BCUT2D eigenvalue weighted by atomic mass is 16.5. The summed E-state index contributed by atoms with van der Waals surface area (Å²) < 4.78 is 9.41. The molecule has 0 amide bonds. The molecule has 0 N–H and O–H groups in total. The van der Waals surface area contributed by atoms with Crippen LogP contribution in [0.5, 0.6) is 0 Å². The molecule has 0 aliphatic heterocycles. The molecule has 0 spiro atoms. The van der Waals surface area contributed by atoms with Crippen LogP contribution in [0, 0.1) is 11.8 Å². The predicted octanol–water partition coefficient (Wildman–Crippen LogP) is 1.36. The molecule has 90 valence electrons. The van der Waals surface area contributed by atoms with Crippen molar-refractivity contribution >= 4 is 11.9 Å². The van der Waals surface area contributed by atoms with Crippen LogP contribution in [0.2, 0.25) is 0 Å². The first-order chi connectivity index (χ1) is 8.20. The Morgan fingerprint density at radius 2 is 1.41 bits per heavy atom. The van der Waals surface area contributed by atoms with Crippen molar-refractivity contribution in [3.63, 3.8) is 0 Å². The quantitative estimate of drug-likeness (QED) is 0.741. The van der Waals surface area contributed by atoms with Gasteiger partial charge in [-0.05, 0) is 5.56 Å². The Kier molecular flexibility index (Phi) is 3.13. The molecule has 0 radical (unpaired) electrons. The molecule has 1 fully saturated rings. The van der Waals surface area contributed by atoms with Crippen LogP contribution in [0.3, 0.4) is 0 Å². The molecule has 1 aliphatic rings. The van der Waals surface area contributed by atoms with Gasteiger partial charge in [0.15, 0.2) is 0 Å². The summed E-state index contributed by atoms with van der Waals surface area (Å²) >= 11 is 0. The summed E-state index contributed by atoms with van der Waals surface area (Å²) in [6.45, 7) is 0. The molecule has 2 rings (SSSR count). The summed E-state index contributed by atoms with van der Waals surface area (Å²) in [7, 11) is 2.66. The summed E-state index contributed by atoms with van der Waals surface area (Å²) in [5.41, 5.74) is 0.971. The Morgan fingerprint density at radius 3 is 1.82 bits per heavy atom. The van der Waals surface area contributed by atoms with Crippen LogP contribution in [0.15, 0.2) is 30.3 Å². The topological polar surface area (TPSA) is 52.6 Å². The Labute approximate surface area is 99.5 Å². The van der Waals surface area contributed by atoms with Gasteiger partial charge in [-0.3, -0.25) is 9.59 Å². The van der Waals surface area contributed by atoms with Crippen LogP contribution in [-0.4, -0.2) is 26.2 Å². The fraction of sp³-hybridized carbons (Fsp3) is 0.385. The maximum atomic E-state index is 11.6. The molecule has 4 nitrogen and oxygen atoms in total. The van der Waals surface area contributed by atoms with Crippen LogP contribution in [0.25, 0.3) is 0 Å². The number of hydrogen-bond donors (Lipinski definition) is 0. The normalized spacial score (nSPS) is 26.1. The van der Waals surface area contributed by atoms with E-state index < -0.39 is 11.8 Å². The Balaban J connectivity index is 2.22. The number of methoxy groups -OCH3 is 2. The van der Waals surface area contributed by atoms with E-state index >= 15 is 0 Å². The highest BCUT2D eigenvalue weighted by molar-refractivity contribution is 5.90. The van der Waals surface area contributed by atoms with Gasteiger partial charge in [0.2, 0.25) is 0 Å². The predicted molar refractivity (Wildman–Crippen MR) is 60.2 cm³/mol. The third kappa shape index (κ3) is 2.02. The van der Waals surface area contributed by atoms with Crippen molar-refractivity contribution in [1.82, 2.24) is 0 Å². The van der Waals surface area contributed by atoms with E-state index in [1.807, 2.05) is 30.3 Å². The lowest BCUT2D eigenvalue weighted by atomic mass is 10.1. The minimum Gasteiger partial charge on any atom is -0.469 e. The number of carbonyl (C=O) groups is 2. The van der Waals surface area contributed by atoms with Crippen molar-refractivity contribution in [2.75, 3.05) is 14.2 Å². The van der Waals surface area contributed by atoms with Crippen LogP contribution < -0.4 is 0 Å². The SMILES string of the molecule is COC(=O)C1C(C(=O)OC)C1c1ccccc1. The highest BCUT2D eigenvalue weighted by Crippen LogP contribution is 2.55. The Morgan fingerprint density at radius 1 is 0.941 bits per heavy atom. The molecule has 17 heavy (non-hydrogen) atoms. The Bertz CT molecular complexity index is 404. The van der Waals surface area contributed by atoms with E-state index in [0.29, 0.717) is 0 Å². The summed E-state index contributed by atoms with van der Waals surface area (Å²) in [6, 6.07) is 9.48. The molecule has 0 bridgehead atoms. The fourth-order valence-electron chi connectivity index (χ4n) is 2.26. The van der Waals surface area contributed by atoms with Gasteiger partial charge in [-0.15, -0.1) is 0 Å². The molecule has 0 aromatic heterocycles. The lowest BCUT2D eigenvalue weighted by molar-refractivity contribution is -0.148. The van der Waals surface area contributed by atoms with E-state index in [0.717, 1.165) is 5.56 Å². The molecular formula is C13H14O4. The van der Waals surface area contributed by atoms with Crippen molar-refractivity contribution in [3.8, 4) is 0 Å². The Hall–Kier alpha value is -1.84. The zero-order chi connectivity index (χ0) is 12.4. The number of ether oxygens (including phenoxy) is 2. The van der Waals surface area contributed by atoms with Crippen molar-refractivity contribution in [3.05, 3.63) is 35.9 Å². The monoisotopic (exact) mass is 234 g/mol. The summed E-state index contributed by atoms with van der Waals surface area (Å²) in [5, 5.41) is 0. The van der Waals surface area contributed by atoms with E-state index in [4.69, 9.17) is 9.47 Å². The van der Waals surface area contributed by atoms with Crippen molar-refractivity contribution < 1.29 is 19.1 Å². The summed E-state index contributed by atoms with van der Waals surface area (Å²) in [5.74, 6) is -1.63. The van der Waals surface area contributed by atoms with Gasteiger partial charge in [-0.25, -0.2) is 0 Å². The molecule has 2 unspecified atom stereocenters. The molecule has 1 aromatic rings. The number of esters is 2. The fourth-order valence-corrected chi connectivity index (χ4v) is 2.26. The number of benzene rings is 1. The third-order valence-electron chi connectivity index (χ3n) is 3.15. The second kappa shape index (κ2) is 4.57. The van der Waals surface area contributed by atoms with Gasteiger partial charge in [-0.1, -0.05) is 30.3 Å². The van der Waals surface area contributed by atoms with Gasteiger partial charge in [0.05, 0.1) is 26.1 Å². The zero-order valence-electron chi connectivity index (χ0n) is 9.75. The second-order valence-corrected chi connectivity index (χ2v) is 4.03. The van der Waals surface area contributed by atoms with Gasteiger partial charge in [0.1, 0.15) is 0 Å². The molecule has 0 saturated heterocycles. The van der Waals surface area contributed by atoms with Gasteiger partial charge in [-0.2, -0.15) is 0 Å². The molecule has 2 atom stereocenters. The minimum atomic E-state index is -0.408. The third-order valence-corrected chi connectivity index (χ3v) is 3.15. The summed E-state index contributed by atoms with van der Waals surface area (Å²) in [6.07, 6.45) is 0. The largest absolute Gasteiger partial charge is 0.469 e. The minimum absolute atomic E-state index is 0.115. The summed E-state index contributed by atoms with van der Waals surface area (Å²) in [4.78, 5) is 23.1. The standard InChI is InChI=1S/C13H14O4/c1-16-12(14)10-9(11(10)13(15)17-2)8-6-4-3-5-7-8/h3-7,9-11H,1-2H3. The van der Waals surface area contributed by atoms with Crippen molar-refractivity contribution in [1.29, 1.82) is 0 Å². The molecule has 4 heteroatoms. The highest BCUT2D eigenvalue weighted by Gasteiger charge is 2.61. The van der Waals surface area contributed by atoms with Gasteiger partial charge >= 0.3 is 11.9 Å². The van der Waals surface area contributed by atoms with Gasteiger partial charge < -0.3 is 9.47 Å². The van der Waals surface area contributed by atoms with E-state index in [1.165, 1.54) is 14.2 Å². The van der Waals surface area contributed by atoms with Crippen molar-refractivity contribution in [2.45, 2.75) is 5.92 Å². The smallest absolute Gasteiger partial charge is 0.310 e. The van der Waals surface area contributed by atoms with E-state index in [2.05, 4.69) is 0 Å². The van der Waals surface area contributed by atoms with E-state index in [-0.39, 0.29) is 17.9 Å². The first-order valence-corrected chi connectivity index (χ1v) is 5.41. The van der Waals surface area contributed by atoms with Crippen LogP contribution in [0.1, 0.15) is 11.5 Å². The van der Waals surface area contributed by atoms with Crippen LogP contribution in [-0.2, 0) is 19.1 Å². The lowest BCUT2D eigenvalue weighted by Crippen LogP contribution is -2.10. The molecule has 1 saturated carbocycles. The average molecular weight is 234 g/mol. The van der Waals surface area contributed by atoms with E-state index in [9.17, 15) is 9.59 Å². The van der Waals surface area contributed by atoms with Crippen LogP contribution >= 0.6 is 0 Å². The zero-order valence-corrected chi connectivity index (χ0v) is 9.75. The molecule has 1 aromatic carbocycles. The number of carbonyl (C=O) groups excluding carboxylic acids is 2. The molecular weight excluding hydrogens is 220 g/mol. The first kappa shape index (κ1) is 11.6. The average Bonchev–Trinajstić information content (AvgIpc) is 3.13. The number of hydrogen-bond acceptors (Lipinski definition) is 4. The molecule has 1 aliphatic carbocycles. The van der Waals surface area contributed by atoms with Gasteiger partial charge in [0, 0.05) is 5.92 Å². The van der Waals surface area contributed by atoms with E-state index in [1.54, 1.807) is 0 Å². The second-order valence-electron chi connectivity index (χ2n) is 4.03. The van der Waals surface area contributed by atoms with Crippen LogP contribution in [0.4, 0.5) is 0 Å². The van der Waals surface area contributed by atoms with Gasteiger partial charge in [0.25, 0.3) is 0 Å². The first-order valence-electron chi connectivity index (χ1n) is 5.41. The van der Waals surface area contributed by atoms with Crippen molar-refractivity contribution in [2.24, 2.45) is 11.8 Å². The number of rotatable bonds is 3.